The van der Waals surface area contributed by atoms with Crippen molar-refractivity contribution in [2.24, 2.45) is 0 Å². The maximum absolute atomic E-state index is 11.3. The molecule has 1 saturated carbocycles. The van der Waals surface area contributed by atoms with Gasteiger partial charge in [-0.3, -0.25) is 0 Å². The van der Waals surface area contributed by atoms with Gasteiger partial charge in [0.1, 0.15) is 18.8 Å². The summed E-state index contributed by atoms with van der Waals surface area (Å²) in [6.07, 6.45) is 4.35. The lowest BCUT2D eigenvalue weighted by Gasteiger charge is -2.28. The summed E-state index contributed by atoms with van der Waals surface area (Å²) in [5.74, 6) is -1.06. The highest BCUT2D eigenvalue weighted by Crippen LogP contribution is 2.24. The molecule has 0 aromatic heterocycles. The Balaban J connectivity index is 0.000000621. The van der Waals surface area contributed by atoms with Crippen molar-refractivity contribution in [3.63, 3.8) is 0 Å². The highest BCUT2D eigenvalue weighted by molar-refractivity contribution is 5.88. The van der Waals surface area contributed by atoms with Gasteiger partial charge in [0.15, 0.2) is 0 Å². The van der Waals surface area contributed by atoms with Crippen molar-refractivity contribution in [2.45, 2.75) is 65.6 Å². The van der Waals surface area contributed by atoms with Gasteiger partial charge < -0.3 is 19.3 Å². The van der Waals surface area contributed by atoms with Crippen LogP contribution in [0.1, 0.15) is 53.4 Å². The van der Waals surface area contributed by atoms with E-state index in [1.165, 1.54) is 0 Å². The Bertz CT molecular complexity index is 560. The standard InChI is InChI=1S/C14H20O4.C7H12O3/c1-9(2)13(15)17-11-5-7-12(8-6-11)18-14(16)10(3)4;1-3-6(2)7(9)10-5-4-8/h11-12H,1,3,5-8H2,2,4H3;3,8H,4-5H2,1-2H3. The summed E-state index contributed by atoms with van der Waals surface area (Å²) in [5.41, 5.74) is 1.38. The smallest absolute Gasteiger partial charge is 0.333 e. The summed E-state index contributed by atoms with van der Waals surface area (Å²) in [5, 5.41) is 8.27. The molecule has 0 aliphatic heterocycles. The van der Waals surface area contributed by atoms with E-state index in [1.54, 1.807) is 33.8 Å². The molecule has 0 saturated heterocycles. The van der Waals surface area contributed by atoms with E-state index >= 15 is 0 Å². The van der Waals surface area contributed by atoms with Gasteiger partial charge in [-0.05, 0) is 53.4 Å². The Morgan fingerprint density at radius 3 is 1.57 bits per heavy atom. The lowest BCUT2D eigenvalue weighted by molar-refractivity contribution is -0.153. The van der Waals surface area contributed by atoms with Crippen LogP contribution in [-0.4, -0.2) is 48.4 Å². The third-order valence-corrected chi connectivity index (χ3v) is 3.94. The maximum atomic E-state index is 11.3. The number of aliphatic hydroxyl groups excluding tert-OH is 1. The van der Waals surface area contributed by atoms with Crippen molar-refractivity contribution < 1.29 is 33.7 Å². The first-order valence-corrected chi connectivity index (χ1v) is 9.26. The van der Waals surface area contributed by atoms with Crippen molar-refractivity contribution in [1.82, 2.24) is 0 Å². The van der Waals surface area contributed by atoms with Gasteiger partial charge in [-0.1, -0.05) is 19.2 Å². The molecule has 0 heterocycles. The van der Waals surface area contributed by atoms with Crippen molar-refractivity contribution in [2.75, 3.05) is 13.2 Å². The van der Waals surface area contributed by atoms with Crippen LogP contribution in [0.5, 0.6) is 0 Å². The molecule has 1 rings (SSSR count). The third kappa shape index (κ3) is 10.7. The molecule has 0 spiro atoms. The van der Waals surface area contributed by atoms with E-state index in [1.807, 2.05) is 0 Å². The van der Waals surface area contributed by atoms with Gasteiger partial charge in [-0.25, -0.2) is 14.4 Å². The predicted octanol–water partition coefficient (Wildman–Crippen LogP) is 3.02. The van der Waals surface area contributed by atoms with E-state index in [0.29, 0.717) is 42.4 Å². The van der Waals surface area contributed by atoms with E-state index in [4.69, 9.17) is 14.6 Å². The lowest BCUT2D eigenvalue weighted by atomic mass is 9.95. The maximum Gasteiger partial charge on any atom is 0.333 e. The molecule has 7 nitrogen and oxygen atoms in total. The number of carbonyl (C=O) groups is 3. The van der Waals surface area contributed by atoms with Crippen LogP contribution >= 0.6 is 0 Å². The fraction of sp³-hybridized carbons (Fsp3) is 0.571. The minimum absolute atomic E-state index is 0.0734. The number of rotatable bonds is 7. The molecule has 1 N–H and O–H groups in total. The fourth-order valence-electron chi connectivity index (χ4n) is 2.14. The summed E-state index contributed by atoms with van der Waals surface area (Å²) in [6, 6.07) is 0. The molecule has 28 heavy (non-hydrogen) atoms. The van der Waals surface area contributed by atoms with Gasteiger partial charge in [-0.15, -0.1) is 0 Å². The summed E-state index contributed by atoms with van der Waals surface area (Å²) >= 11 is 0. The number of aliphatic hydroxyl groups is 1. The molecule has 0 atom stereocenters. The Labute approximate surface area is 167 Å². The van der Waals surface area contributed by atoms with Crippen molar-refractivity contribution in [1.29, 1.82) is 0 Å². The van der Waals surface area contributed by atoms with Gasteiger partial charge >= 0.3 is 17.9 Å². The molecule has 0 radical (unpaired) electrons. The largest absolute Gasteiger partial charge is 0.460 e. The zero-order chi connectivity index (χ0) is 21.7. The average Bonchev–Trinajstić information content (AvgIpc) is 2.67. The van der Waals surface area contributed by atoms with Crippen LogP contribution in [0.4, 0.5) is 0 Å². The first-order chi connectivity index (χ1) is 13.1. The predicted molar refractivity (Wildman–Crippen MR) is 105 cm³/mol. The number of carbonyl (C=O) groups excluding carboxylic acids is 3. The van der Waals surface area contributed by atoms with Crippen LogP contribution in [0.3, 0.4) is 0 Å². The molecule has 0 amide bonds. The number of esters is 3. The molecule has 158 valence electrons. The van der Waals surface area contributed by atoms with Gasteiger partial charge in [0.2, 0.25) is 0 Å². The Hall–Kier alpha value is -2.41. The topological polar surface area (TPSA) is 99.1 Å². The third-order valence-electron chi connectivity index (χ3n) is 3.94. The van der Waals surface area contributed by atoms with Crippen LogP contribution in [-0.2, 0) is 28.6 Å². The molecule has 0 aromatic rings. The van der Waals surface area contributed by atoms with Gasteiger partial charge in [0.05, 0.1) is 6.61 Å². The highest BCUT2D eigenvalue weighted by atomic mass is 16.6. The molecular formula is C21H32O7. The lowest BCUT2D eigenvalue weighted by Crippen LogP contribution is -2.30. The van der Waals surface area contributed by atoms with Crippen LogP contribution in [0.15, 0.2) is 36.0 Å². The average molecular weight is 396 g/mol. The first-order valence-electron chi connectivity index (χ1n) is 9.26. The van der Waals surface area contributed by atoms with Crippen molar-refractivity contribution in [3.05, 3.63) is 36.0 Å². The Morgan fingerprint density at radius 2 is 1.29 bits per heavy atom. The van der Waals surface area contributed by atoms with Crippen molar-refractivity contribution >= 4 is 17.9 Å². The quantitative estimate of drug-likeness (QED) is 0.401. The van der Waals surface area contributed by atoms with Gasteiger partial charge in [-0.2, -0.15) is 0 Å². The zero-order valence-corrected chi connectivity index (χ0v) is 17.3. The summed E-state index contributed by atoms with van der Waals surface area (Å²) in [4.78, 5) is 33.4. The van der Waals surface area contributed by atoms with E-state index < -0.39 is 0 Å². The number of hydrogen-bond donors (Lipinski definition) is 1. The molecule has 1 aliphatic carbocycles. The summed E-state index contributed by atoms with van der Waals surface area (Å²) in [7, 11) is 0. The number of allylic oxidation sites excluding steroid dienone is 1. The molecule has 0 aromatic carbocycles. The van der Waals surface area contributed by atoms with E-state index in [9.17, 15) is 14.4 Å². The van der Waals surface area contributed by atoms with Crippen molar-refractivity contribution in [3.8, 4) is 0 Å². The SMILES string of the molecule is C=C(C)C(=O)OC1CCC(OC(=O)C(=C)C)CC1.CC=C(C)C(=O)OCCO. The highest BCUT2D eigenvalue weighted by Gasteiger charge is 2.26. The van der Waals surface area contributed by atoms with E-state index in [0.717, 1.165) is 0 Å². The second-order valence-corrected chi connectivity index (χ2v) is 6.60. The summed E-state index contributed by atoms with van der Waals surface area (Å²) < 4.78 is 15.1. The molecule has 0 bridgehead atoms. The van der Waals surface area contributed by atoms with Gasteiger partial charge in [0, 0.05) is 16.7 Å². The van der Waals surface area contributed by atoms with Crippen LogP contribution < -0.4 is 0 Å². The monoisotopic (exact) mass is 396 g/mol. The number of hydrogen-bond acceptors (Lipinski definition) is 7. The summed E-state index contributed by atoms with van der Waals surface area (Å²) in [6.45, 7) is 13.7. The molecular weight excluding hydrogens is 364 g/mol. The Morgan fingerprint density at radius 1 is 0.893 bits per heavy atom. The van der Waals surface area contributed by atoms with E-state index in [-0.39, 0.29) is 43.3 Å². The fourth-order valence-corrected chi connectivity index (χ4v) is 2.14. The zero-order valence-electron chi connectivity index (χ0n) is 17.3. The number of ether oxygens (including phenoxy) is 3. The molecule has 0 unspecified atom stereocenters. The minimum Gasteiger partial charge on any atom is -0.460 e. The van der Waals surface area contributed by atoms with Crippen LogP contribution in [0.25, 0.3) is 0 Å². The second-order valence-electron chi connectivity index (χ2n) is 6.60. The first kappa shape index (κ1) is 25.6. The van der Waals surface area contributed by atoms with Crippen LogP contribution in [0, 0.1) is 0 Å². The molecule has 1 aliphatic rings. The minimum atomic E-state index is -0.364. The van der Waals surface area contributed by atoms with Gasteiger partial charge in [0.25, 0.3) is 0 Å². The second kappa shape index (κ2) is 13.7. The normalized spacial score (nSPS) is 18.8. The Kier molecular flexibility index (Phi) is 12.5. The van der Waals surface area contributed by atoms with E-state index in [2.05, 4.69) is 17.9 Å². The molecule has 7 heteroatoms. The van der Waals surface area contributed by atoms with Crippen LogP contribution in [0.2, 0.25) is 0 Å². The molecule has 1 fully saturated rings.